The third kappa shape index (κ3) is 3.00. The lowest BCUT2D eigenvalue weighted by Crippen LogP contribution is -2.45. The minimum Gasteiger partial charge on any atom is -0.390 e. The number of hydrogen-bond acceptors (Lipinski definition) is 3. The van der Waals surface area contributed by atoms with E-state index in [1.165, 1.54) is 21.9 Å². The molecule has 1 aromatic rings. The number of rotatable bonds is 2. The number of hydrogen-bond donors (Lipinski definition) is 1. The van der Waals surface area contributed by atoms with Gasteiger partial charge in [0.25, 0.3) is 0 Å². The summed E-state index contributed by atoms with van der Waals surface area (Å²) in [4.78, 5) is 0.407. The maximum atomic E-state index is 12.7. The summed E-state index contributed by atoms with van der Waals surface area (Å²) in [6.45, 7) is 2.56. The maximum absolute atomic E-state index is 12.7. The molecular weight excluding hydrogens is 286 g/mol. The Morgan fingerprint density at radius 3 is 2.38 bits per heavy atom. The van der Waals surface area contributed by atoms with Crippen LogP contribution >= 0.6 is 0 Å². The molecule has 0 unspecified atom stereocenters. The Morgan fingerprint density at radius 2 is 1.71 bits per heavy atom. The van der Waals surface area contributed by atoms with Crippen LogP contribution in [0.3, 0.4) is 0 Å². The highest BCUT2D eigenvalue weighted by atomic mass is 32.2. The molecular formula is C16H23NO3S. The summed E-state index contributed by atoms with van der Waals surface area (Å²) in [5.41, 5.74) is 1.75. The molecule has 2 aliphatic rings. The van der Waals surface area contributed by atoms with Gasteiger partial charge in [-0.15, -0.1) is 0 Å². The van der Waals surface area contributed by atoms with Crippen molar-refractivity contribution in [1.82, 2.24) is 4.31 Å². The molecule has 1 aliphatic carbocycles. The van der Waals surface area contributed by atoms with Crippen molar-refractivity contribution in [2.75, 3.05) is 13.1 Å². The van der Waals surface area contributed by atoms with E-state index in [1.54, 1.807) is 13.0 Å². The lowest BCUT2D eigenvalue weighted by atomic mass is 9.92. The predicted octanol–water partition coefficient (Wildman–Crippen LogP) is 2.10. The van der Waals surface area contributed by atoms with Crippen LogP contribution in [0.15, 0.2) is 23.1 Å². The largest absolute Gasteiger partial charge is 0.390 e. The number of sulfonamides is 1. The first-order valence-corrected chi connectivity index (χ1v) is 9.17. The highest BCUT2D eigenvalue weighted by Crippen LogP contribution is 2.29. The average Bonchev–Trinajstić information content (AvgIpc) is 2.46. The quantitative estimate of drug-likeness (QED) is 0.910. The molecule has 0 amide bonds. The van der Waals surface area contributed by atoms with Crippen molar-refractivity contribution in [1.29, 1.82) is 0 Å². The molecule has 1 aliphatic heterocycles. The number of benzene rings is 1. The molecule has 116 valence electrons. The highest BCUT2D eigenvalue weighted by Gasteiger charge is 2.34. The number of fused-ring (bicyclic) bond motifs is 1. The van der Waals surface area contributed by atoms with Gasteiger partial charge in [-0.05, 0) is 68.7 Å². The van der Waals surface area contributed by atoms with Crippen LogP contribution in [0.5, 0.6) is 0 Å². The Morgan fingerprint density at radius 1 is 1.10 bits per heavy atom. The summed E-state index contributed by atoms with van der Waals surface area (Å²) in [5, 5.41) is 9.97. The zero-order valence-electron chi connectivity index (χ0n) is 12.5. The fourth-order valence-electron chi connectivity index (χ4n) is 3.23. The molecule has 0 aromatic heterocycles. The molecule has 1 aromatic carbocycles. The summed E-state index contributed by atoms with van der Waals surface area (Å²) in [7, 11) is -3.42. The minimum absolute atomic E-state index is 0.395. The van der Waals surface area contributed by atoms with Gasteiger partial charge in [0, 0.05) is 13.1 Å². The van der Waals surface area contributed by atoms with E-state index in [9.17, 15) is 13.5 Å². The van der Waals surface area contributed by atoms with Crippen molar-refractivity contribution in [3.63, 3.8) is 0 Å². The summed E-state index contributed by atoms with van der Waals surface area (Å²) in [6.07, 6.45) is 5.37. The van der Waals surface area contributed by atoms with Gasteiger partial charge >= 0.3 is 0 Å². The van der Waals surface area contributed by atoms with Crippen molar-refractivity contribution >= 4 is 10.0 Å². The standard InChI is InChI=1S/C16H23NO3S/c1-16(18)8-10-17(11-9-16)21(19,20)15-7-6-13-4-2-3-5-14(13)12-15/h6-7,12,18H,2-5,8-11H2,1H3. The van der Waals surface area contributed by atoms with Gasteiger partial charge in [-0.3, -0.25) is 0 Å². The van der Waals surface area contributed by atoms with Gasteiger partial charge in [-0.1, -0.05) is 6.07 Å². The van der Waals surface area contributed by atoms with Crippen LogP contribution in [0, 0.1) is 0 Å². The second kappa shape index (κ2) is 5.38. The van der Waals surface area contributed by atoms with E-state index in [0.717, 1.165) is 19.3 Å². The summed E-state index contributed by atoms with van der Waals surface area (Å²) in [5.74, 6) is 0. The Kier molecular flexibility index (Phi) is 3.84. The second-order valence-electron chi connectivity index (χ2n) is 6.54. The van der Waals surface area contributed by atoms with Gasteiger partial charge in [0.2, 0.25) is 10.0 Å². The predicted molar refractivity (Wildman–Crippen MR) is 81.7 cm³/mol. The molecule has 1 heterocycles. The number of nitrogens with zero attached hydrogens (tertiary/aromatic N) is 1. The van der Waals surface area contributed by atoms with Crippen LogP contribution in [0.25, 0.3) is 0 Å². The first-order valence-electron chi connectivity index (χ1n) is 7.73. The highest BCUT2D eigenvalue weighted by molar-refractivity contribution is 7.89. The second-order valence-corrected chi connectivity index (χ2v) is 8.48. The normalized spacial score (nSPS) is 22.8. The smallest absolute Gasteiger partial charge is 0.243 e. The molecule has 1 fully saturated rings. The van der Waals surface area contributed by atoms with E-state index in [0.29, 0.717) is 30.8 Å². The SMILES string of the molecule is CC1(O)CCN(S(=O)(=O)c2ccc3c(c2)CCCC3)CC1. The van der Waals surface area contributed by atoms with Gasteiger partial charge in [0.15, 0.2) is 0 Å². The minimum atomic E-state index is -3.42. The summed E-state index contributed by atoms with van der Waals surface area (Å²) in [6, 6.07) is 5.57. The lowest BCUT2D eigenvalue weighted by molar-refractivity contribution is 0.0126. The van der Waals surface area contributed by atoms with Crippen molar-refractivity contribution in [2.45, 2.75) is 55.9 Å². The summed E-state index contributed by atoms with van der Waals surface area (Å²) < 4.78 is 27.0. The molecule has 0 atom stereocenters. The van der Waals surface area contributed by atoms with E-state index in [-0.39, 0.29) is 0 Å². The lowest BCUT2D eigenvalue weighted by Gasteiger charge is -2.35. The van der Waals surface area contributed by atoms with Gasteiger partial charge in [0.05, 0.1) is 10.5 Å². The van der Waals surface area contributed by atoms with Gasteiger partial charge in [0.1, 0.15) is 0 Å². The Bertz CT molecular complexity index is 627. The molecule has 1 N–H and O–H groups in total. The van der Waals surface area contributed by atoms with Crippen molar-refractivity contribution < 1.29 is 13.5 Å². The third-order valence-corrected chi connectivity index (χ3v) is 6.65. The fourth-order valence-corrected chi connectivity index (χ4v) is 4.72. The number of piperidine rings is 1. The molecule has 5 heteroatoms. The Hall–Kier alpha value is -0.910. The monoisotopic (exact) mass is 309 g/mol. The molecule has 4 nitrogen and oxygen atoms in total. The number of aliphatic hydroxyl groups is 1. The van der Waals surface area contributed by atoms with Crippen LogP contribution in [0.2, 0.25) is 0 Å². The van der Waals surface area contributed by atoms with Crippen LogP contribution in [-0.2, 0) is 22.9 Å². The zero-order chi connectivity index (χ0) is 15.1. The van der Waals surface area contributed by atoms with Gasteiger partial charge < -0.3 is 5.11 Å². The molecule has 3 rings (SSSR count). The van der Waals surface area contributed by atoms with Crippen molar-refractivity contribution in [3.8, 4) is 0 Å². The van der Waals surface area contributed by atoms with Crippen LogP contribution < -0.4 is 0 Å². The third-order valence-electron chi connectivity index (χ3n) is 4.76. The number of aryl methyl sites for hydroxylation is 2. The first kappa shape index (κ1) is 15.0. The van der Waals surface area contributed by atoms with E-state index in [2.05, 4.69) is 0 Å². The molecule has 21 heavy (non-hydrogen) atoms. The fraction of sp³-hybridized carbons (Fsp3) is 0.625. The Balaban J connectivity index is 1.85. The van der Waals surface area contributed by atoms with Crippen molar-refractivity contribution in [2.24, 2.45) is 0 Å². The molecule has 0 bridgehead atoms. The van der Waals surface area contributed by atoms with E-state index >= 15 is 0 Å². The topological polar surface area (TPSA) is 57.6 Å². The Labute approximate surface area is 126 Å². The average molecular weight is 309 g/mol. The van der Waals surface area contributed by atoms with Crippen LogP contribution in [0.4, 0.5) is 0 Å². The maximum Gasteiger partial charge on any atom is 0.243 e. The first-order chi connectivity index (χ1) is 9.88. The molecule has 0 radical (unpaired) electrons. The van der Waals surface area contributed by atoms with E-state index in [1.807, 2.05) is 12.1 Å². The zero-order valence-corrected chi connectivity index (χ0v) is 13.3. The van der Waals surface area contributed by atoms with E-state index < -0.39 is 15.6 Å². The molecule has 1 saturated heterocycles. The van der Waals surface area contributed by atoms with Gasteiger partial charge in [-0.25, -0.2) is 8.42 Å². The van der Waals surface area contributed by atoms with Crippen LogP contribution in [-0.4, -0.2) is 36.5 Å². The summed E-state index contributed by atoms with van der Waals surface area (Å²) >= 11 is 0. The van der Waals surface area contributed by atoms with Crippen molar-refractivity contribution in [3.05, 3.63) is 29.3 Å². The molecule has 0 spiro atoms. The van der Waals surface area contributed by atoms with E-state index in [4.69, 9.17) is 0 Å². The van der Waals surface area contributed by atoms with Crippen LogP contribution in [0.1, 0.15) is 43.7 Å². The van der Waals surface area contributed by atoms with Gasteiger partial charge in [-0.2, -0.15) is 4.31 Å². The molecule has 0 saturated carbocycles.